The van der Waals surface area contributed by atoms with Gasteiger partial charge in [-0.05, 0) is 118 Å². The summed E-state index contributed by atoms with van der Waals surface area (Å²) in [5.41, 5.74) is 10.3. The van der Waals surface area contributed by atoms with E-state index in [0.717, 1.165) is 73.4 Å². The number of anilines is 1. The highest BCUT2D eigenvalue weighted by Crippen LogP contribution is 2.37. The number of nitrogens with one attached hydrogen (secondary N) is 1. The minimum atomic E-state index is -0.977. The Balaban J connectivity index is 0.745. The first-order valence-electron chi connectivity index (χ1n) is 21.7. The minimum Gasteiger partial charge on any atom is -0.457 e. The van der Waals surface area contributed by atoms with Crippen LogP contribution in [-0.4, -0.2) is 120 Å². The third-order valence-electron chi connectivity index (χ3n) is 13.4. The summed E-state index contributed by atoms with van der Waals surface area (Å²) in [5, 5.41) is 8.02. The standard InChI is InChI=1S/C46H48N10O6/c47-41-39-40(29-8-11-34(12-9-29)62-33-6-2-1-3-7-33)51-56(42(39)49-27-48-41)32-5-4-20-54(26-32)46(61)53-23-18-31(19-24-53)52-21-16-28(17-22-52)30-10-13-35-36(25-30)45(60)55(44(35)59)37-14-15-38(57)50-43(37)58/h1-3,6-13,25,27-28,31-32,37H,4-5,14-24,26H2,(H2,47,48,49)(H,50,57,58)/t32-,37?/m1/s1. The van der Waals surface area contributed by atoms with Gasteiger partial charge in [0, 0.05) is 44.2 Å². The molecule has 4 fully saturated rings. The predicted octanol–water partition coefficient (Wildman–Crippen LogP) is 5.37. The fourth-order valence-corrected chi connectivity index (χ4v) is 10.0. The number of hydrogen-bond acceptors (Lipinski definition) is 11. The maximum atomic E-state index is 14.1. The zero-order valence-corrected chi connectivity index (χ0v) is 34.3. The number of aromatic nitrogens is 4. The number of fused-ring (bicyclic) bond motifs is 2. The molecule has 0 aliphatic carbocycles. The van der Waals surface area contributed by atoms with Gasteiger partial charge < -0.3 is 25.2 Å². The lowest BCUT2D eigenvalue weighted by Crippen LogP contribution is -2.54. The van der Waals surface area contributed by atoms with Gasteiger partial charge in [0.05, 0.1) is 22.6 Å². The Hall–Kier alpha value is -6.68. The van der Waals surface area contributed by atoms with Gasteiger partial charge in [-0.1, -0.05) is 24.3 Å². The quantitative estimate of drug-likeness (QED) is 0.201. The van der Waals surface area contributed by atoms with Gasteiger partial charge in [0.15, 0.2) is 5.65 Å². The number of piperidine rings is 4. The average molecular weight is 837 g/mol. The number of para-hydroxylation sites is 1. The molecule has 0 bridgehead atoms. The summed E-state index contributed by atoms with van der Waals surface area (Å²) in [5.74, 6) is 0.0929. The summed E-state index contributed by atoms with van der Waals surface area (Å²) in [6, 6.07) is 22.2. The number of nitrogen functional groups attached to an aromatic ring is 1. The molecule has 1 unspecified atom stereocenters. The van der Waals surface area contributed by atoms with Crippen LogP contribution in [0.25, 0.3) is 22.3 Å². The molecule has 7 heterocycles. The van der Waals surface area contributed by atoms with Crippen molar-refractivity contribution in [1.82, 2.24) is 44.7 Å². The topological polar surface area (TPSA) is 189 Å². The summed E-state index contributed by atoms with van der Waals surface area (Å²) in [4.78, 5) is 81.3. The van der Waals surface area contributed by atoms with Crippen molar-refractivity contribution in [2.45, 2.75) is 75.4 Å². The Bertz CT molecular complexity index is 2560. The molecule has 2 aromatic heterocycles. The van der Waals surface area contributed by atoms with Crippen molar-refractivity contribution in [2.75, 3.05) is 45.0 Å². The molecular formula is C46H48N10O6. The van der Waals surface area contributed by atoms with E-state index in [1.807, 2.05) is 81.2 Å². The summed E-state index contributed by atoms with van der Waals surface area (Å²) in [6.07, 6.45) is 7.02. The fourth-order valence-electron chi connectivity index (χ4n) is 10.0. The van der Waals surface area contributed by atoms with Crippen LogP contribution in [0, 0.1) is 0 Å². The van der Waals surface area contributed by atoms with E-state index < -0.39 is 29.7 Å². The summed E-state index contributed by atoms with van der Waals surface area (Å²) >= 11 is 0. The van der Waals surface area contributed by atoms with Crippen molar-refractivity contribution in [3.8, 4) is 22.8 Å². The van der Waals surface area contributed by atoms with E-state index in [2.05, 4.69) is 20.2 Å². The van der Waals surface area contributed by atoms with Crippen molar-refractivity contribution in [1.29, 1.82) is 0 Å². The number of imide groups is 2. The molecule has 62 heavy (non-hydrogen) atoms. The van der Waals surface area contributed by atoms with Gasteiger partial charge in [-0.25, -0.2) is 19.4 Å². The van der Waals surface area contributed by atoms with Gasteiger partial charge in [-0.15, -0.1) is 0 Å². The number of likely N-dealkylation sites (tertiary alicyclic amines) is 3. The van der Waals surface area contributed by atoms with E-state index in [1.165, 1.54) is 6.33 Å². The van der Waals surface area contributed by atoms with E-state index in [-0.39, 0.29) is 30.8 Å². The lowest BCUT2D eigenvalue weighted by Gasteiger charge is -2.43. The molecule has 2 atom stereocenters. The smallest absolute Gasteiger partial charge is 0.320 e. The molecule has 16 nitrogen and oxygen atoms in total. The van der Waals surface area contributed by atoms with Gasteiger partial charge >= 0.3 is 6.03 Å². The molecule has 5 aliphatic heterocycles. The van der Waals surface area contributed by atoms with Crippen LogP contribution in [0.4, 0.5) is 10.6 Å². The maximum Gasteiger partial charge on any atom is 0.320 e. The molecule has 16 heteroatoms. The number of rotatable bonds is 7. The molecule has 3 aromatic carbocycles. The second-order valence-electron chi connectivity index (χ2n) is 17.0. The Labute approximate surface area is 358 Å². The highest BCUT2D eigenvalue weighted by atomic mass is 16.5. The van der Waals surface area contributed by atoms with E-state index >= 15 is 0 Å². The van der Waals surface area contributed by atoms with Gasteiger partial charge in [0.2, 0.25) is 11.8 Å². The molecule has 6 amide bonds. The summed E-state index contributed by atoms with van der Waals surface area (Å²) in [6.45, 7) is 4.40. The number of ether oxygens (including phenoxy) is 1. The van der Waals surface area contributed by atoms with E-state index in [4.69, 9.17) is 15.6 Å². The normalized spacial score (nSPS) is 21.7. The third kappa shape index (κ3) is 7.31. The number of nitrogens with two attached hydrogens (primary N) is 1. The first kappa shape index (κ1) is 39.5. The second kappa shape index (κ2) is 16.3. The van der Waals surface area contributed by atoms with Gasteiger partial charge in [0.1, 0.15) is 35.4 Å². The molecule has 5 aliphatic rings. The lowest BCUT2D eigenvalue weighted by molar-refractivity contribution is -0.136. The van der Waals surface area contributed by atoms with Crippen molar-refractivity contribution in [3.63, 3.8) is 0 Å². The molecule has 3 N–H and O–H groups in total. The number of benzene rings is 3. The highest BCUT2D eigenvalue weighted by molar-refractivity contribution is 6.23. The molecule has 4 saturated heterocycles. The Morgan fingerprint density at radius 3 is 2.24 bits per heavy atom. The van der Waals surface area contributed by atoms with Gasteiger partial charge in [-0.3, -0.25) is 29.4 Å². The van der Waals surface area contributed by atoms with Gasteiger partial charge in [-0.2, -0.15) is 5.10 Å². The maximum absolute atomic E-state index is 14.1. The van der Waals surface area contributed by atoms with Crippen LogP contribution in [0.3, 0.4) is 0 Å². The van der Waals surface area contributed by atoms with Crippen molar-refractivity contribution >= 4 is 46.5 Å². The van der Waals surface area contributed by atoms with Crippen LogP contribution >= 0.6 is 0 Å². The first-order chi connectivity index (χ1) is 30.2. The minimum absolute atomic E-state index is 0.0625. The molecule has 318 valence electrons. The van der Waals surface area contributed by atoms with Crippen LogP contribution in [0.5, 0.6) is 11.5 Å². The lowest BCUT2D eigenvalue weighted by atomic mass is 9.86. The van der Waals surface area contributed by atoms with Crippen molar-refractivity contribution < 1.29 is 28.7 Å². The van der Waals surface area contributed by atoms with Crippen molar-refractivity contribution in [3.05, 3.63) is 95.8 Å². The molecule has 10 rings (SSSR count). The van der Waals surface area contributed by atoms with Crippen molar-refractivity contribution in [2.24, 2.45) is 0 Å². The molecule has 0 saturated carbocycles. The van der Waals surface area contributed by atoms with Crippen LogP contribution in [0.2, 0.25) is 0 Å². The Morgan fingerprint density at radius 2 is 1.48 bits per heavy atom. The van der Waals surface area contributed by atoms with Gasteiger partial charge in [0.25, 0.3) is 11.8 Å². The molecular weight excluding hydrogens is 789 g/mol. The first-order valence-corrected chi connectivity index (χ1v) is 21.7. The number of hydrogen-bond donors (Lipinski definition) is 2. The highest BCUT2D eigenvalue weighted by Gasteiger charge is 2.45. The van der Waals surface area contributed by atoms with Crippen LogP contribution in [0.15, 0.2) is 79.1 Å². The fraction of sp³-hybridized carbons (Fsp3) is 0.391. The van der Waals surface area contributed by atoms with E-state index in [1.54, 1.807) is 6.07 Å². The zero-order chi connectivity index (χ0) is 42.5. The SMILES string of the molecule is Nc1ncnc2c1c(-c1ccc(Oc3ccccc3)cc1)nn2[C@@H]1CCCN(C(=O)N2CCC(N3CCC(c4ccc5c(c4)C(=O)N(C4CCC(=O)NC4=O)C5=O)CC3)CC2)C1. The molecule has 0 spiro atoms. The number of nitrogens with zero attached hydrogens (tertiary/aromatic N) is 8. The monoisotopic (exact) mass is 836 g/mol. The number of carbonyl (C=O) groups excluding carboxylic acids is 5. The summed E-state index contributed by atoms with van der Waals surface area (Å²) < 4.78 is 7.94. The number of carbonyl (C=O) groups is 5. The summed E-state index contributed by atoms with van der Waals surface area (Å²) in [7, 11) is 0. The Morgan fingerprint density at radius 1 is 0.742 bits per heavy atom. The van der Waals surface area contributed by atoms with E-state index in [9.17, 15) is 24.0 Å². The van der Waals surface area contributed by atoms with Crippen LogP contribution < -0.4 is 15.8 Å². The number of amides is 6. The third-order valence-corrected chi connectivity index (χ3v) is 13.4. The zero-order valence-electron chi connectivity index (χ0n) is 34.3. The van der Waals surface area contributed by atoms with Crippen LogP contribution in [0.1, 0.15) is 89.6 Å². The van der Waals surface area contributed by atoms with E-state index in [0.29, 0.717) is 71.6 Å². The predicted molar refractivity (Wildman–Crippen MR) is 228 cm³/mol. The largest absolute Gasteiger partial charge is 0.457 e. The van der Waals surface area contributed by atoms with Crippen LogP contribution in [-0.2, 0) is 9.59 Å². The molecule has 0 radical (unpaired) electrons. The Kier molecular flexibility index (Phi) is 10.4. The molecule has 5 aromatic rings. The second-order valence-corrected chi connectivity index (χ2v) is 17.0. The average Bonchev–Trinajstić information content (AvgIpc) is 3.82. The number of urea groups is 1.